The molecule has 1 heterocycles. The summed E-state index contributed by atoms with van der Waals surface area (Å²) in [6.45, 7) is 5.89. The average Bonchev–Trinajstić information content (AvgIpc) is 2.46. The number of hydrogen-bond acceptors (Lipinski definition) is 3. The molecule has 0 aliphatic carbocycles. The highest BCUT2D eigenvalue weighted by Crippen LogP contribution is 2.24. The van der Waals surface area contributed by atoms with Crippen molar-refractivity contribution in [2.24, 2.45) is 0 Å². The van der Waals surface area contributed by atoms with Crippen LogP contribution in [0.2, 0.25) is 0 Å². The van der Waals surface area contributed by atoms with E-state index in [-0.39, 0.29) is 6.10 Å². The summed E-state index contributed by atoms with van der Waals surface area (Å²) in [6, 6.07) is -0.530. The number of carbonyl (C=O) groups excluding carboxylic acids is 2. The quantitative estimate of drug-likeness (QED) is 0.717. The Bertz CT molecular complexity index is 296. The first-order chi connectivity index (χ1) is 7.35. The Morgan fingerprint density at radius 2 is 2.19 bits per heavy atom. The van der Waals surface area contributed by atoms with Gasteiger partial charge >= 0.3 is 6.03 Å². The van der Waals surface area contributed by atoms with Gasteiger partial charge in [0.05, 0.1) is 11.6 Å². The van der Waals surface area contributed by atoms with E-state index in [0.29, 0.717) is 6.61 Å². The highest BCUT2D eigenvalue weighted by Gasteiger charge is 2.38. The first kappa shape index (κ1) is 13.3. The van der Waals surface area contributed by atoms with Crippen molar-refractivity contribution in [3.8, 4) is 0 Å². The number of nitrogens with one attached hydrogen (secondary N) is 2. The Morgan fingerprint density at radius 1 is 1.56 bits per heavy atom. The van der Waals surface area contributed by atoms with Crippen LogP contribution in [0.3, 0.4) is 0 Å². The van der Waals surface area contributed by atoms with Gasteiger partial charge in [-0.1, -0.05) is 0 Å². The Kier molecular flexibility index (Phi) is 4.15. The smallest absolute Gasteiger partial charge is 0.321 e. The second-order valence-electron chi connectivity index (χ2n) is 4.24. The normalized spacial score (nSPS) is 30.9. The van der Waals surface area contributed by atoms with Crippen LogP contribution in [0.4, 0.5) is 4.79 Å². The number of rotatable bonds is 2. The molecule has 3 unspecified atom stereocenters. The van der Waals surface area contributed by atoms with Gasteiger partial charge in [-0.15, -0.1) is 11.6 Å². The fourth-order valence-electron chi connectivity index (χ4n) is 1.50. The lowest BCUT2D eigenvalue weighted by Crippen LogP contribution is -2.55. The van der Waals surface area contributed by atoms with Crippen molar-refractivity contribution in [2.45, 2.75) is 44.2 Å². The van der Waals surface area contributed by atoms with Gasteiger partial charge in [-0.05, 0) is 27.2 Å². The second kappa shape index (κ2) is 5.01. The van der Waals surface area contributed by atoms with Gasteiger partial charge in [0.15, 0.2) is 0 Å². The lowest BCUT2D eigenvalue weighted by Gasteiger charge is -2.28. The van der Waals surface area contributed by atoms with E-state index in [1.807, 2.05) is 13.8 Å². The number of alkyl halides is 1. The lowest BCUT2D eigenvalue weighted by molar-refractivity contribution is -0.119. The van der Waals surface area contributed by atoms with Crippen LogP contribution < -0.4 is 10.6 Å². The van der Waals surface area contributed by atoms with Gasteiger partial charge in [-0.25, -0.2) is 4.79 Å². The summed E-state index contributed by atoms with van der Waals surface area (Å²) >= 11 is 5.54. The van der Waals surface area contributed by atoms with Gasteiger partial charge in [0.25, 0.3) is 0 Å². The molecule has 5 nitrogen and oxygen atoms in total. The standard InChI is InChI=1S/C10H17ClN2O3/c1-6(11)8(14)12-9(15)13-10(3)4-5-16-7(10)2/h6-7H,4-5H2,1-3H3,(H2,12,13,14,15). The number of carbonyl (C=O) groups is 2. The summed E-state index contributed by atoms with van der Waals surface area (Å²) in [6.07, 6.45) is 0.661. The molecule has 92 valence electrons. The largest absolute Gasteiger partial charge is 0.376 e. The fourth-order valence-corrected chi connectivity index (χ4v) is 1.56. The molecule has 1 aliphatic heterocycles. The van der Waals surface area contributed by atoms with Crippen molar-refractivity contribution in [2.75, 3.05) is 6.61 Å². The van der Waals surface area contributed by atoms with Crippen molar-refractivity contribution < 1.29 is 14.3 Å². The van der Waals surface area contributed by atoms with Crippen molar-refractivity contribution >= 4 is 23.5 Å². The number of halogens is 1. The third kappa shape index (κ3) is 3.09. The number of urea groups is 1. The minimum atomic E-state index is -0.726. The minimum Gasteiger partial charge on any atom is -0.376 e. The van der Waals surface area contributed by atoms with Crippen LogP contribution in [-0.2, 0) is 9.53 Å². The number of hydrogen-bond donors (Lipinski definition) is 2. The van der Waals surface area contributed by atoms with Crippen molar-refractivity contribution in [1.82, 2.24) is 10.6 Å². The maximum absolute atomic E-state index is 11.5. The van der Waals surface area contributed by atoms with E-state index in [9.17, 15) is 9.59 Å². The molecule has 16 heavy (non-hydrogen) atoms. The zero-order chi connectivity index (χ0) is 12.3. The summed E-state index contributed by atoms with van der Waals surface area (Å²) in [7, 11) is 0. The van der Waals surface area contributed by atoms with Crippen LogP contribution in [0.15, 0.2) is 0 Å². The van der Waals surface area contributed by atoms with Crippen LogP contribution in [0.1, 0.15) is 27.2 Å². The Hall–Kier alpha value is -0.810. The molecule has 0 spiro atoms. The van der Waals surface area contributed by atoms with Gasteiger partial charge in [-0.2, -0.15) is 0 Å². The fraction of sp³-hybridized carbons (Fsp3) is 0.800. The third-order valence-corrected chi connectivity index (χ3v) is 3.08. The molecule has 0 bridgehead atoms. The Labute approximate surface area is 99.9 Å². The molecule has 0 aromatic rings. The van der Waals surface area contributed by atoms with Crippen molar-refractivity contribution in [3.05, 3.63) is 0 Å². The minimum absolute atomic E-state index is 0.0678. The van der Waals surface area contributed by atoms with Gasteiger partial charge in [-0.3, -0.25) is 10.1 Å². The average molecular weight is 249 g/mol. The Morgan fingerprint density at radius 3 is 2.62 bits per heavy atom. The summed E-state index contributed by atoms with van der Waals surface area (Å²) in [5.41, 5.74) is -0.431. The first-order valence-electron chi connectivity index (χ1n) is 5.24. The van der Waals surface area contributed by atoms with E-state index in [1.54, 1.807) is 0 Å². The number of imide groups is 1. The molecule has 2 N–H and O–H groups in total. The Balaban J connectivity index is 2.48. The van der Waals surface area contributed by atoms with E-state index in [4.69, 9.17) is 16.3 Å². The topological polar surface area (TPSA) is 67.4 Å². The van der Waals surface area contributed by atoms with Gasteiger partial charge in [0, 0.05) is 6.61 Å². The summed E-state index contributed by atoms with van der Waals surface area (Å²) in [4.78, 5) is 22.7. The van der Waals surface area contributed by atoms with Crippen molar-refractivity contribution in [1.29, 1.82) is 0 Å². The molecule has 0 saturated carbocycles. The highest BCUT2D eigenvalue weighted by molar-refractivity contribution is 6.31. The molecular weight excluding hydrogens is 232 g/mol. The molecule has 3 amide bonds. The molecule has 1 aliphatic rings. The van der Waals surface area contributed by atoms with Crippen LogP contribution in [-0.4, -0.2) is 35.6 Å². The van der Waals surface area contributed by atoms with E-state index < -0.39 is 22.9 Å². The predicted octanol–water partition coefficient (Wildman–Crippen LogP) is 1.01. The predicted molar refractivity (Wildman–Crippen MR) is 60.4 cm³/mol. The first-order valence-corrected chi connectivity index (χ1v) is 5.67. The van der Waals surface area contributed by atoms with Crippen LogP contribution >= 0.6 is 11.6 Å². The molecule has 1 fully saturated rings. The highest BCUT2D eigenvalue weighted by atomic mass is 35.5. The summed E-state index contributed by atoms with van der Waals surface area (Å²) < 4.78 is 5.37. The maximum Gasteiger partial charge on any atom is 0.321 e. The van der Waals surface area contributed by atoms with Gasteiger partial charge in [0.1, 0.15) is 5.38 Å². The van der Waals surface area contributed by atoms with E-state index in [1.165, 1.54) is 6.92 Å². The number of amides is 3. The van der Waals surface area contributed by atoms with Crippen molar-refractivity contribution in [3.63, 3.8) is 0 Å². The zero-order valence-corrected chi connectivity index (χ0v) is 10.4. The molecular formula is C10H17ClN2O3. The third-order valence-electron chi connectivity index (χ3n) is 2.88. The summed E-state index contributed by atoms with van der Waals surface area (Å²) in [5, 5.41) is 4.19. The van der Waals surface area contributed by atoms with E-state index in [0.717, 1.165) is 6.42 Å². The number of ether oxygens (including phenoxy) is 1. The molecule has 0 radical (unpaired) electrons. The molecule has 0 aromatic heterocycles. The molecule has 0 aromatic carbocycles. The van der Waals surface area contributed by atoms with E-state index in [2.05, 4.69) is 10.6 Å². The molecule has 1 rings (SSSR count). The maximum atomic E-state index is 11.5. The molecule has 1 saturated heterocycles. The van der Waals surface area contributed by atoms with Crippen LogP contribution in [0.5, 0.6) is 0 Å². The van der Waals surface area contributed by atoms with E-state index >= 15 is 0 Å². The second-order valence-corrected chi connectivity index (χ2v) is 4.89. The SMILES string of the molecule is CC(Cl)C(=O)NC(=O)NC1(C)CCOC1C. The van der Waals surface area contributed by atoms with Crippen LogP contribution in [0.25, 0.3) is 0 Å². The molecule has 6 heteroatoms. The summed E-state index contributed by atoms with van der Waals surface area (Å²) in [5.74, 6) is -0.505. The molecule has 3 atom stereocenters. The lowest BCUT2D eigenvalue weighted by atomic mass is 9.95. The zero-order valence-electron chi connectivity index (χ0n) is 9.67. The van der Waals surface area contributed by atoms with Crippen LogP contribution in [0, 0.1) is 0 Å². The van der Waals surface area contributed by atoms with Gasteiger partial charge in [0.2, 0.25) is 5.91 Å². The monoisotopic (exact) mass is 248 g/mol. The van der Waals surface area contributed by atoms with Gasteiger partial charge < -0.3 is 10.1 Å².